The van der Waals surface area contributed by atoms with Crippen molar-refractivity contribution < 1.29 is 9.53 Å². The molecule has 1 atom stereocenters. The molecule has 1 unspecified atom stereocenters. The molecule has 4 heteroatoms. The van der Waals surface area contributed by atoms with Gasteiger partial charge >= 0.3 is 0 Å². The second kappa shape index (κ2) is 9.53. The quantitative estimate of drug-likeness (QED) is 0.668. The summed E-state index contributed by atoms with van der Waals surface area (Å²) < 4.78 is 5.54. The summed E-state index contributed by atoms with van der Waals surface area (Å²) in [6.45, 7) is 6.77. The van der Waals surface area contributed by atoms with Crippen LogP contribution < -0.4 is 10.6 Å². The van der Waals surface area contributed by atoms with Crippen LogP contribution in [0.4, 0.5) is 0 Å². The minimum absolute atomic E-state index is 0.0609. The molecule has 0 saturated heterocycles. The van der Waals surface area contributed by atoms with Gasteiger partial charge in [0.25, 0.3) is 0 Å². The summed E-state index contributed by atoms with van der Waals surface area (Å²) in [5.74, 6) is -0.0609. The maximum absolute atomic E-state index is 11.7. The van der Waals surface area contributed by atoms with E-state index >= 15 is 0 Å². The molecule has 0 aliphatic rings. The highest BCUT2D eigenvalue weighted by Gasteiger charge is 2.12. The van der Waals surface area contributed by atoms with Crippen molar-refractivity contribution in [2.75, 3.05) is 19.6 Å². The van der Waals surface area contributed by atoms with Crippen molar-refractivity contribution in [3.05, 3.63) is 35.9 Å². The van der Waals surface area contributed by atoms with Crippen LogP contribution in [-0.4, -0.2) is 31.6 Å². The monoisotopic (exact) mass is 264 g/mol. The Hall–Kier alpha value is -1.39. The first-order valence-corrected chi connectivity index (χ1v) is 6.88. The summed E-state index contributed by atoms with van der Waals surface area (Å²) in [6, 6.07) is 9.85. The maximum Gasteiger partial charge on any atom is 0.248 e. The topological polar surface area (TPSA) is 50.4 Å². The van der Waals surface area contributed by atoms with Gasteiger partial charge in [-0.3, -0.25) is 4.79 Å². The van der Waals surface area contributed by atoms with Gasteiger partial charge < -0.3 is 15.4 Å². The third-order valence-electron chi connectivity index (χ3n) is 2.74. The lowest BCUT2D eigenvalue weighted by molar-refractivity contribution is -0.132. The molecule has 1 amide bonds. The predicted molar refractivity (Wildman–Crippen MR) is 76.9 cm³/mol. The molecule has 2 N–H and O–H groups in total. The molecule has 0 heterocycles. The van der Waals surface area contributed by atoms with Crippen LogP contribution in [0.5, 0.6) is 0 Å². The molecule has 106 valence electrons. The largest absolute Gasteiger partial charge is 0.364 e. The van der Waals surface area contributed by atoms with Crippen LogP contribution in [0.3, 0.4) is 0 Å². The van der Waals surface area contributed by atoms with Gasteiger partial charge in [-0.15, -0.1) is 0 Å². The second-order valence-corrected chi connectivity index (χ2v) is 4.48. The van der Waals surface area contributed by atoms with Crippen LogP contribution in [0.2, 0.25) is 0 Å². The predicted octanol–water partition coefficient (Wildman–Crippen LogP) is 1.71. The second-order valence-electron chi connectivity index (χ2n) is 4.48. The first-order valence-electron chi connectivity index (χ1n) is 6.88. The number of carbonyl (C=O) groups is 1. The Balaban J connectivity index is 2.14. The van der Waals surface area contributed by atoms with Crippen molar-refractivity contribution in [3.63, 3.8) is 0 Å². The van der Waals surface area contributed by atoms with Gasteiger partial charge in [0, 0.05) is 13.1 Å². The molecule has 0 aliphatic heterocycles. The van der Waals surface area contributed by atoms with E-state index in [2.05, 4.69) is 17.6 Å². The zero-order chi connectivity index (χ0) is 13.9. The Morgan fingerprint density at radius 1 is 1.21 bits per heavy atom. The highest BCUT2D eigenvalue weighted by molar-refractivity contribution is 5.80. The Kier molecular flexibility index (Phi) is 7.86. The van der Waals surface area contributed by atoms with Crippen molar-refractivity contribution in [1.29, 1.82) is 0 Å². The first-order chi connectivity index (χ1) is 9.24. The molecule has 1 aromatic rings. The van der Waals surface area contributed by atoms with Crippen LogP contribution in [-0.2, 0) is 16.1 Å². The summed E-state index contributed by atoms with van der Waals surface area (Å²) in [5.41, 5.74) is 1.08. The van der Waals surface area contributed by atoms with Crippen LogP contribution >= 0.6 is 0 Å². The fraction of sp³-hybridized carbons (Fsp3) is 0.533. The normalized spacial score (nSPS) is 12.1. The van der Waals surface area contributed by atoms with Crippen LogP contribution in [0.15, 0.2) is 30.3 Å². The van der Waals surface area contributed by atoms with E-state index in [1.54, 1.807) is 6.92 Å². The van der Waals surface area contributed by atoms with Crippen molar-refractivity contribution >= 4 is 5.91 Å². The van der Waals surface area contributed by atoms with Gasteiger partial charge in [0.2, 0.25) is 5.91 Å². The molecule has 1 aromatic carbocycles. The molecule has 0 saturated carbocycles. The van der Waals surface area contributed by atoms with E-state index < -0.39 is 6.10 Å². The average molecular weight is 264 g/mol. The van der Waals surface area contributed by atoms with Gasteiger partial charge in [0.15, 0.2) is 0 Å². The number of benzene rings is 1. The SMILES string of the molecule is CCCNCCNC(=O)C(C)OCc1ccccc1. The Morgan fingerprint density at radius 3 is 2.63 bits per heavy atom. The molecule has 1 rings (SSSR count). The minimum Gasteiger partial charge on any atom is -0.364 e. The molecule has 0 fully saturated rings. The van der Waals surface area contributed by atoms with E-state index in [4.69, 9.17) is 4.74 Å². The van der Waals surface area contributed by atoms with Gasteiger partial charge in [0.1, 0.15) is 6.10 Å². The van der Waals surface area contributed by atoms with Crippen LogP contribution in [0.25, 0.3) is 0 Å². The number of rotatable bonds is 9. The molecular weight excluding hydrogens is 240 g/mol. The number of carbonyl (C=O) groups excluding carboxylic acids is 1. The molecule has 0 bridgehead atoms. The molecular formula is C15H24N2O2. The molecule has 19 heavy (non-hydrogen) atoms. The van der Waals surface area contributed by atoms with Gasteiger partial charge in [-0.2, -0.15) is 0 Å². The molecule has 0 aliphatic carbocycles. The number of hydrogen-bond acceptors (Lipinski definition) is 3. The third-order valence-corrected chi connectivity index (χ3v) is 2.74. The molecule has 0 spiro atoms. The summed E-state index contributed by atoms with van der Waals surface area (Å²) in [4.78, 5) is 11.7. The van der Waals surface area contributed by atoms with Gasteiger partial charge in [-0.05, 0) is 25.5 Å². The van der Waals surface area contributed by atoms with E-state index in [0.29, 0.717) is 13.2 Å². The Labute approximate surface area is 115 Å². The Bertz CT molecular complexity index is 354. The fourth-order valence-corrected chi connectivity index (χ4v) is 1.59. The van der Waals surface area contributed by atoms with Crippen LogP contribution in [0.1, 0.15) is 25.8 Å². The number of hydrogen-bond donors (Lipinski definition) is 2. The molecule has 0 aromatic heterocycles. The Morgan fingerprint density at radius 2 is 1.95 bits per heavy atom. The highest BCUT2D eigenvalue weighted by atomic mass is 16.5. The maximum atomic E-state index is 11.7. The lowest BCUT2D eigenvalue weighted by Crippen LogP contribution is -2.38. The summed E-state index contributed by atoms with van der Waals surface area (Å²) in [5, 5.41) is 6.08. The molecule has 0 radical (unpaired) electrons. The van der Waals surface area contributed by atoms with Crippen molar-refractivity contribution in [2.24, 2.45) is 0 Å². The lowest BCUT2D eigenvalue weighted by atomic mass is 10.2. The first kappa shape index (κ1) is 15.7. The third kappa shape index (κ3) is 6.94. The van der Waals surface area contributed by atoms with Crippen molar-refractivity contribution in [1.82, 2.24) is 10.6 Å². The van der Waals surface area contributed by atoms with E-state index in [1.807, 2.05) is 30.3 Å². The zero-order valence-electron chi connectivity index (χ0n) is 11.8. The van der Waals surface area contributed by atoms with Gasteiger partial charge in [0.05, 0.1) is 6.61 Å². The zero-order valence-corrected chi connectivity index (χ0v) is 11.8. The number of nitrogens with one attached hydrogen (secondary N) is 2. The average Bonchev–Trinajstić information content (AvgIpc) is 2.45. The van der Waals surface area contributed by atoms with E-state index in [9.17, 15) is 4.79 Å². The van der Waals surface area contributed by atoms with Gasteiger partial charge in [-0.25, -0.2) is 0 Å². The van der Waals surface area contributed by atoms with Crippen molar-refractivity contribution in [2.45, 2.75) is 33.0 Å². The van der Waals surface area contributed by atoms with E-state index in [0.717, 1.165) is 25.1 Å². The van der Waals surface area contributed by atoms with Crippen molar-refractivity contribution in [3.8, 4) is 0 Å². The fourth-order valence-electron chi connectivity index (χ4n) is 1.59. The minimum atomic E-state index is -0.425. The van der Waals surface area contributed by atoms with E-state index in [1.165, 1.54) is 0 Å². The van der Waals surface area contributed by atoms with E-state index in [-0.39, 0.29) is 5.91 Å². The molecule has 4 nitrogen and oxygen atoms in total. The summed E-state index contributed by atoms with van der Waals surface area (Å²) in [6.07, 6.45) is 0.677. The van der Waals surface area contributed by atoms with Crippen LogP contribution in [0, 0.1) is 0 Å². The lowest BCUT2D eigenvalue weighted by Gasteiger charge is -2.13. The smallest absolute Gasteiger partial charge is 0.248 e. The summed E-state index contributed by atoms with van der Waals surface area (Å²) >= 11 is 0. The standard InChI is InChI=1S/C15H24N2O2/c1-3-9-16-10-11-17-15(18)13(2)19-12-14-7-5-4-6-8-14/h4-8,13,16H,3,9-12H2,1-2H3,(H,17,18). The highest BCUT2D eigenvalue weighted by Crippen LogP contribution is 2.03. The summed E-state index contributed by atoms with van der Waals surface area (Å²) in [7, 11) is 0. The van der Waals surface area contributed by atoms with Gasteiger partial charge in [-0.1, -0.05) is 37.3 Å². The number of ether oxygens (including phenoxy) is 1. The number of amides is 1.